The Morgan fingerprint density at radius 3 is 2.46 bits per heavy atom. The van der Waals surface area contributed by atoms with E-state index in [1.807, 2.05) is 0 Å². The van der Waals surface area contributed by atoms with E-state index in [0.29, 0.717) is 0 Å². The van der Waals surface area contributed by atoms with Gasteiger partial charge in [0, 0.05) is 11.5 Å². The molecule has 0 bridgehead atoms. The summed E-state index contributed by atoms with van der Waals surface area (Å²) in [7, 11) is 0. The van der Waals surface area contributed by atoms with Gasteiger partial charge in [-0.2, -0.15) is 0 Å². The van der Waals surface area contributed by atoms with Gasteiger partial charge < -0.3 is 15.5 Å². The van der Waals surface area contributed by atoms with Gasteiger partial charge in [-0.1, -0.05) is 0 Å². The van der Waals surface area contributed by atoms with Crippen LogP contribution in [-0.4, -0.2) is 40.9 Å². The molecule has 0 amide bonds. The normalized spacial score (nSPS) is 40.6. The Morgan fingerprint density at radius 2 is 2.00 bits per heavy atom. The Morgan fingerprint density at radius 1 is 1.38 bits per heavy atom. The second kappa shape index (κ2) is 2.62. The molecule has 2 rings (SSSR count). The van der Waals surface area contributed by atoms with Gasteiger partial charge in [-0.25, -0.2) is 8.78 Å². The van der Waals surface area contributed by atoms with Crippen LogP contribution < -0.4 is 5.32 Å². The summed E-state index contributed by atoms with van der Waals surface area (Å²) in [6.45, 7) is -0.867. The zero-order valence-corrected chi connectivity index (χ0v) is 7.13. The fourth-order valence-corrected chi connectivity index (χ4v) is 2.08. The largest absolute Gasteiger partial charge is 0.396 e. The van der Waals surface area contributed by atoms with E-state index in [2.05, 4.69) is 5.32 Å². The molecule has 1 heterocycles. The molecular formula is C8H13F2NO2. The number of alkyl halides is 2. The SMILES string of the molecule is OC[C@@H]1[C@@H](O)C(F)(F)CNC12CC2. The molecular weight excluding hydrogens is 180 g/mol. The zero-order chi connectivity index (χ0) is 9.69. The van der Waals surface area contributed by atoms with Crippen molar-refractivity contribution >= 4 is 0 Å². The quantitative estimate of drug-likeness (QED) is 0.537. The summed E-state index contributed by atoms with van der Waals surface area (Å²) < 4.78 is 26.0. The van der Waals surface area contributed by atoms with Crippen molar-refractivity contribution in [3.05, 3.63) is 0 Å². The van der Waals surface area contributed by atoms with Crippen LogP contribution in [0.25, 0.3) is 0 Å². The molecule has 0 radical (unpaired) electrons. The molecule has 5 heteroatoms. The highest BCUT2D eigenvalue weighted by Crippen LogP contribution is 2.49. The molecule has 1 aliphatic heterocycles. The number of aliphatic hydroxyl groups is 2. The topological polar surface area (TPSA) is 52.5 Å². The first kappa shape index (κ1) is 9.30. The second-order valence-corrected chi connectivity index (χ2v) is 4.00. The number of piperidine rings is 1. The molecule has 1 saturated heterocycles. The third-order valence-electron chi connectivity index (χ3n) is 3.19. The first-order chi connectivity index (χ1) is 6.02. The van der Waals surface area contributed by atoms with Crippen LogP contribution in [0, 0.1) is 5.92 Å². The van der Waals surface area contributed by atoms with Gasteiger partial charge in [-0.05, 0) is 12.8 Å². The van der Waals surface area contributed by atoms with Crippen molar-refractivity contribution in [2.45, 2.75) is 30.4 Å². The van der Waals surface area contributed by atoms with Crippen LogP contribution in [0.5, 0.6) is 0 Å². The maximum atomic E-state index is 13.0. The van der Waals surface area contributed by atoms with Gasteiger partial charge in [0.2, 0.25) is 0 Å². The van der Waals surface area contributed by atoms with E-state index in [1.165, 1.54) is 0 Å². The number of hydrogen-bond acceptors (Lipinski definition) is 3. The number of nitrogens with one attached hydrogen (secondary N) is 1. The van der Waals surface area contributed by atoms with Gasteiger partial charge in [0.25, 0.3) is 5.92 Å². The lowest BCUT2D eigenvalue weighted by molar-refractivity contribution is -0.166. The van der Waals surface area contributed by atoms with Crippen molar-refractivity contribution in [1.29, 1.82) is 0 Å². The molecule has 1 saturated carbocycles. The second-order valence-electron chi connectivity index (χ2n) is 4.00. The molecule has 13 heavy (non-hydrogen) atoms. The van der Waals surface area contributed by atoms with Gasteiger partial charge in [-0.3, -0.25) is 0 Å². The molecule has 1 aliphatic carbocycles. The van der Waals surface area contributed by atoms with Gasteiger partial charge in [-0.15, -0.1) is 0 Å². The van der Waals surface area contributed by atoms with Crippen LogP contribution in [0.1, 0.15) is 12.8 Å². The van der Waals surface area contributed by atoms with E-state index < -0.39 is 30.0 Å². The lowest BCUT2D eigenvalue weighted by Gasteiger charge is -2.40. The van der Waals surface area contributed by atoms with E-state index in [-0.39, 0.29) is 6.61 Å². The molecule has 0 aromatic rings. The summed E-state index contributed by atoms with van der Waals surface area (Å²) in [4.78, 5) is 0. The molecule has 0 unspecified atom stereocenters. The Hall–Kier alpha value is -0.260. The average molecular weight is 193 g/mol. The van der Waals surface area contributed by atoms with E-state index in [1.54, 1.807) is 0 Å². The molecule has 2 atom stereocenters. The predicted molar refractivity (Wildman–Crippen MR) is 41.5 cm³/mol. The van der Waals surface area contributed by atoms with Crippen LogP contribution in [0.3, 0.4) is 0 Å². The molecule has 2 fully saturated rings. The lowest BCUT2D eigenvalue weighted by Crippen LogP contribution is -2.62. The third-order valence-corrected chi connectivity index (χ3v) is 3.19. The van der Waals surface area contributed by atoms with Crippen LogP contribution in [0.15, 0.2) is 0 Å². The minimum Gasteiger partial charge on any atom is -0.396 e. The summed E-state index contributed by atoms with van der Waals surface area (Å²) in [5.74, 6) is -3.84. The molecule has 2 aliphatic rings. The molecule has 3 nitrogen and oxygen atoms in total. The van der Waals surface area contributed by atoms with Crippen molar-refractivity contribution in [3.63, 3.8) is 0 Å². The molecule has 0 aromatic heterocycles. The summed E-state index contributed by atoms with van der Waals surface area (Å²) in [6.07, 6.45) is -0.169. The summed E-state index contributed by atoms with van der Waals surface area (Å²) in [5, 5.41) is 21.0. The van der Waals surface area contributed by atoms with Gasteiger partial charge in [0.15, 0.2) is 0 Å². The van der Waals surface area contributed by atoms with Crippen molar-refractivity contribution in [3.8, 4) is 0 Å². The third kappa shape index (κ3) is 1.26. The van der Waals surface area contributed by atoms with E-state index >= 15 is 0 Å². The van der Waals surface area contributed by atoms with Gasteiger partial charge in [0.05, 0.1) is 13.2 Å². The van der Waals surface area contributed by atoms with Crippen LogP contribution >= 0.6 is 0 Å². The minimum atomic E-state index is -3.11. The highest BCUT2D eigenvalue weighted by Gasteiger charge is 2.61. The predicted octanol–water partition coefficient (Wildman–Crippen LogP) is -0.273. The molecule has 1 spiro atoms. The monoisotopic (exact) mass is 193 g/mol. The highest BCUT2D eigenvalue weighted by molar-refractivity contribution is 5.14. The summed E-state index contributed by atoms with van der Waals surface area (Å²) in [5.41, 5.74) is -0.407. The smallest absolute Gasteiger partial charge is 0.286 e. The van der Waals surface area contributed by atoms with E-state index in [4.69, 9.17) is 5.11 Å². The maximum Gasteiger partial charge on any atom is 0.286 e. The Balaban J connectivity index is 2.17. The first-order valence-corrected chi connectivity index (χ1v) is 4.44. The van der Waals surface area contributed by atoms with Crippen molar-refractivity contribution in [1.82, 2.24) is 5.32 Å². The standard InChI is InChI=1S/C8H13F2NO2/c9-8(10)4-11-7(1-2-7)5(3-12)6(8)13/h5-6,11-13H,1-4H2/t5-,6-/m1/s1. The summed E-state index contributed by atoms with van der Waals surface area (Å²) in [6, 6.07) is 0. The van der Waals surface area contributed by atoms with Crippen molar-refractivity contribution in [2.24, 2.45) is 5.92 Å². The Bertz CT molecular complexity index is 218. The lowest BCUT2D eigenvalue weighted by atomic mass is 9.84. The number of hydrogen-bond donors (Lipinski definition) is 3. The van der Waals surface area contributed by atoms with Gasteiger partial charge in [0.1, 0.15) is 6.10 Å². The average Bonchev–Trinajstić information content (AvgIpc) is 2.82. The number of halogens is 2. The van der Waals surface area contributed by atoms with Crippen LogP contribution in [0.4, 0.5) is 8.78 Å². The minimum absolute atomic E-state index is 0.385. The Kier molecular flexibility index (Phi) is 1.87. The van der Waals surface area contributed by atoms with Crippen molar-refractivity contribution < 1.29 is 19.0 Å². The maximum absolute atomic E-state index is 13.0. The number of aliphatic hydroxyl groups excluding tert-OH is 2. The zero-order valence-electron chi connectivity index (χ0n) is 7.13. The Labute approximate surface area is 74.8 Å². The molecule has 0 aromatic carbocycles. The fraction of sp³-hybridized carbons (Fsp3) is 1.00. The van der Waals surface area contributed by atoms with Crippen molar-refractivity contribution in [2.75, 3.05) is 13.2 Å². The molecule has 76 valence electrons. The van der Waals surface area contributed by atoms with E-state index in [0.717, 1.165) is 12.8 Å². The van der Waals surface area contributed by atoms with Crippen LogP contribution in [0.2, 0.25) is 0 Å². The fourth-order valence-electron chi connectivity index (χ4n) is 2.08. The van der Waals surface area contributed by atoms with Gasteiger partial charge >= 0.3 is 0 Å². The molecule has 3 N–H and O–H groups in total. The number of rotatable bonds is 1. The first-order valence-electron chi connectivity index (χ1n) is 4.44. The summed E-state index contributed by atoms with van der Waals surface area (Å²) >= 11 is 0. The highest BCUT2D eigenvalue weighted by atomic mass is 19.3. The van der Waals surface area contributed by atoms with E-state index in [9.17, 15) is 13.9 Å². The van der Waals surface area contributed by atoms with Crippen LogP contribution in [-0.2, 0) is 0 Å².